The Morgan fingerprint density at radius 3 is 2.17 bits per heavy atom. The average Bonchev–Trinajstić information content (AvgIpc) is 2.03. The number of hydrogen-bond acceptors (Lipinski definition) is 1. The topological polar surface area (TPSA) is 32.3 Å². The van der Waals surface area contributed by atoms with E-state index in [0.717, 1.165) is 19.6 Å². The molecule has 0 radical (unpaired) electrons. The molecule has 0 aromatic heterocycles. The molecule has 0 aliphatic carbocycles. The molecule has 0 aromatic carbocycles. The Morgan fingerprint density at radius 2 is 1.83 bits per heavy atom. The summed E-state index contributed by atoms with van der Waals surface area (Å²) >= 11 is 0. The highest BCUT2D eigenvalue weighted by molar-refractivity contribution is 5.73. The lowest BCUT2D eigenvalue weighted by molar-refractivity contribution is 0.202. The van der Waals surface area contributed by atoms with E-state index in [2.05, 4.69) is 19.2 Å². The maximum Gasteiger partial charge on any atom is 0.317 e. The maximum atomic E-state index is 11.3. The van der Waals surface area contributed by atoms with Gasteiger partial charge in [0.2, 0.25) is 0 Å². The van der Waals surface area contributed by atoms with E-state index in [1.807, 2.05) is 13.8 Å². The molecule has 72 valence electrons. The van der Waals surface area contributed by atoms with Crippen LogP contribution >= 0.6 is 0 Å². The second-order valence-electron chi connectivity index (χ2n) is 3.25. The second kappa shape index (κ2) is 5.86. The first-order chi connectivity index (χ1) is 5.61. The van der Waals surface area contributed by atoms with Crippen LogP contribution in [0.15, 0.2) is 0 Å². The summed E-state index contributed by atoms with van der Waals surface area (Å²) in [7, 11) is 0. The largest absolute Gasteiger partial charge is 0.338 e. The monoisotopic (exact) mass is 172 g/mol. The Kier molecular flexibility index (Phi) is 5.51. The smallest absolute Gasteiger partial charge is 0.317 e. The van der Waals surface area contributed by atoms with Gasteiger partial charge >= 0.3 is 6.03 Å². The molecule has 1 N–H and O–H groups in total. The molecule has 0 unspecified atom stereocenters. The fourth-order valence-corrected chi connectivity index (χ4v) is 0.914. The van der Waals surface area contributed by atoms with E-state index in [1.54, 1.807) is 4.90 Å². The summed E-state index contributed by atoms with van der Waals surface area (Å²) in [5, 5.41) is 2.87. The summed E-state index contributed by atoms with van der Waals surface area (Å²) < 4.78 is 0. The van der Waals surface area contributed by atoms with Crippen molar-refractivity contribution in [1.29, 1.82) is 0 Å². The molecule has 0 bridgehead atoms. The molecule has 2 amide bonds. The molecule has 0 atom stereocenters. The van der Waals surface area contributed by atoms with Gasteiger partial charge in [0.1, 0.15) is 0 Å². The Balaban J connectivity index is 3.69. The zero-order chi connectivity index (χ0) is 9.56. The minimum Gasteiger partial charge on any atom is -0.338 e. The van der Waals surface area contributed by atoms with E-state index in [0.29, 0.717) is 5.92 Å². The quantitative estimate of drug-likeness (QED) is 0.687. The van der Waals surface area contributed by atoms with Crippen LogP contribution in [0, 0.1) is 5.92 Å². The van der Waals surface area contributed by atoms with Crippen molar-refractivity contribution in [1.82, 2.24) is 10.2 Å². The van der Waals surface area contributed by atoms with Crippen LogP contribution < -0.4 is 5.32 Å². The van der Waals surface area contributed by atoms with Crippen LogP contribution in [0.5, 0.6) is 0 Å². The predicted octanol–water partition coefficient (Wildman–Crippen LogP) is 1.69. The molecule has 0 fully saturated rings. The van der Waals surface area contributed by atoms with Crippen LogP contribution in [0.2, 0.25) is 0 Å². The van der Waals surface area contributed by atoms with Crippen LogP contribution in [-0.2, 0) is 0 Å². The number of nitrogens with zero attached hydrogens (tertiary/aromatic N) is 1. The lowest BCUT2D eigenvalue weighted by Gasteiger charge is -2.19. The number of carbonyl (C=O) groups is 1. The number of hydrogen-bond donors (Lipinski definition) is 1. The number of carbonyl (C=O) groups excluding carboxylic acids is 1. The molecule has 0 spiro atoms. The SMILES string of the molecule is CCN(CC)C(=O)NCC(C)C. The Bertz CT molecular complexity index is 130. The van der Waals surface area contributed by atoms with Gasteiger partial charge in [0.25, 0.3) is 0 Å². The van der Waals surface area contributed by atoms with Gasteiger partial charge in [0.15, 0.2) is 0 Å². The lowest BCUT2D eigenvalue weighted by Crippen LogP contribution is -2.41. The minimum atomic E-state index is 0.0497. The first-order valence-corrected chi connectivity index (χ1v) is 4.64. The third kappa shape index (κ3) is 4.21. The van der Waals surface area contributed by atoms with Gasteiger partial charge in [-0.15, -0.1) is 0 Å². The molecular weight excluding hydrogens is 152 g/mol. The van der Waals surface area contributed by atoms with Crippen molar-refractivity contribution in [2.24, 2.45) is 5.92 Å². The van der Waals surface area contributed by atoms with Gasteiger partial charge in [-0.2, -0.15) is 0 Å². The zero-order valence-corrected chi connectivity index (χ0v) is 8.55. The van der Waals surface area contributed by atoms with E-state index in [4.69, 9.17) is 0 Å². The van der Waals surface area contributed by atoms with Gasteiger partial charge in [0.05, 0.1) is 0 Å². The molecule has 0 rings (SSSR count). The van der Waals surface area contributed by atoms with Crippen LogP contribution in [-0.4, -0.2) is 30.6 Å². The Labute approximate surface area is 75.1 Å². The van der Waals surface area contributed by atoms with E-state index in [1.165, 1.54) is 0 Å². The fraction of sp³-hybridized carbons (Fsp3) is 0.889. The number of nitrogens with one attached hydrogen (secondary N) is 1. The highest BCUT2D eigenvalue weighted by Crippen LogP contribution is 1.91. The van der Waals surface area contributed by atoms with Crippen molar-refractivity contribution in [3.05, 3.63) is 0 Å². The van der Waals surface area contributed by atoms with E-state index in [9.17, 15) is 4.79 Å². The van der Waals surface area contributed by atoms with Crippen LogP contribution in [0.1, 0.15) is 27.7 Å². The molecule has 0 saturated heterocycles. The predicted molar refractivity (Wildman–Crippen MR) is 51.2 cm³/mol. The molecule has 3 heteroatoms. The average molecular weight is 172 g/mol. The zero-order valence-electron chi connectivity index (χ0n) is 8.55. The molecular formula is C9H20N2O. The molecule has 3 nitrogen and oxygen atoms in total. The van der Waals surface area contributed by atoms with Crippen molar-refractivity contribution in [2.75, 3.05) is 19.6 Å². The van der Waals surface area contributed by atoms with Crippen LogP contribution in [0.4, 0.5) is 4.79 Å². The third-order valence-electron chi connectivity index (χ3n) is 1.71. The number of amides is 2. The van der Waals surface area contributed by atoms with Gasteiger partial charge in [-0.05, 0) is 19.8 Å². The standard InChI is InChI=1S/C9H20N2O/c1-5-11(6-2)9(12)10-7-8(3)4/h8H,5-7H2,1-4H3,(H,10,12). The Hall–Kier alpha value is -0.730. The van der Waals surface area contributed by atoms with Crippen LogP contribution in [0.25, 0.3) is 0 Å². The summed E-state index contributed by atoms with van der Waals surface area (Å²) in [5.41, 5.74) is 0. The Morgan fingerprint density at radius 1 is 1.33 bits per heavy atom. The summed E-state index contributed by atoms with van der Waals surface area (Å²) in [4.78, 5) is 13.1. The van der Waals surface area contributed by atoms with Gasteiger partial charge in [-0.1, -0.05) is 13.8 Å². The first-order valence-electron chi connectivity index (χ1n) is 4.64. The van der Waals surface area contributed by atoms with Crippen molar-refractivity contribution in [3.8, 4) is 0 Å². The minimum absolute atomic E-state index is 0.0497. The second-order valence-corrected chi connectivity index (χ2v) is 3.25. The van der Waals surface area contributed by atoms with Gasteiger partial charge in [0, 0.05) is 19.6 Å². The number of rotatable bonds is 4. The fourth-order valence-electron chi connectivity index (χ4n) is 0.914. The van der Waals surface area contributed by atoms with Gasteiger partial charge in [-0.3, -0.25) is 0 Å². The van der Waals surface area contributed by atoms with E-state index < -0.39 is 0 Å². The van der Waals surface area contributed by atoms with Crippen molar-refractivity contribution in [3.63, 3.8) is 0 Å². The van der Waals surface area contributed by atoms with Crippen molar-refractivity contribution < 1.29 is 4.79 Å². The molecule has 0 aliphatic rings. The highest BCUT2D eigenvalue weighted by Gasteiger charge is 2.07. The summed E-state index contributed by atoms with van der Waals surface area (Å²) in [6.07, 6.45) is 0. The highest BCUT2D eigenvalue weighted by atomic mass is 16.2. The van der Waals surface area contributed by atoms with E-state index in [-0.39, 0.29) is 6.03 Å². The molecule has 0 aromatic rings. The maximum absolute atomic E-state index is 11.3. The molecule has 12 heavy (non-hydrogen) atoms. The normalized spacial score (nSPS) is 10.1. The summed E-state index contributed by atoms with van der Waals surface area (Å²) in [6, 6.07) is 0.0497. The van der Waals surface area contributed by atoms with Gasteiger partial charge in [-0.25, -0.2) is 4.79 Å². The van der Waals surface area contributed by atoms with Crippen molar-refractivity contribution >= 4 is 6.03 Å². The van der Waals surface area contributed by atoms with Gasteiger partial charge < -0.3 is 10.2 Å². The summed E-state index contributed by atoms with van der Waals surface area (Å²) in [6.45, 7) is 10.5. The molecule has 0 saturated carbocycles. The summed E-state index contributed by atoms with van der Waals surface area (Å²) in [5.74, 6) is 0.518. The molecule has 0 aliphatic heterocycles. The van der Waals surface area contributed by atoms with E-state index >= 15 is 0 Å². The van der Waals surface area contributed by atoms with Crippen molar-refractivity contribution in [2.45, 2.75) is 27.7 Å². The van der Waals surface area contributed by atoms with Crippen LogP contribution in [0.3, 0.4) is 0 Å². The third-order valence-corrected chi connectivity index (χ3v) is 1.71. The first kappa shape index (κ1) is 11.3. The molecule has 0 heterocycles. The lowest BCUT2D eigenvalue weighted by atomic mass is 10.2. The number of urea groups is 1.